The lowest BCUT2D eigenvalue weighted by molar-refractivity contribution is -0.0408. The number of nitrogens with one attached hydrogen (secondary N) is 2. The number of nitrogen functional groups attached to an aromatic ring is 1. The summed E-state index contributed by atoms with van der Waals surface area (Å²) >= 11 is 8.61. The first-order valence-corrected chi connectivity index (χ1v) is 17.2. The largest absolute Gasteiger partial charge is 0.386 e. The number of H-pyrrole nitrogens is 2. The quantitative estimate of drug-likeness (QED) is 0.129. The summed E-state index contributed by atoms with van der Waals surface area (Å²) < 4.78 is 43.4. The third-order valence-corrected chi connectivity index (χ3v) is 8.77. The van der Waals surface area contributed by atoms with Crippen molar-refractivity contribution in [3.05, 3.63) is 49.3 Å². The number of rotatable bonds is 9. The first-order valence-electron chi connectivity index (χ1n) is 11.9. The second-order valence-electron chi connectivity index (χ2n) is 9.27. The van der Waals surface area contributed by atoms with E-state index in [2.05, 4.69) is 44.0 Å². The molecule has 5 rings (SSSR count). The average molecular weight is 654 g/mol. The SMILES string of the molecule is Cc1cn([C@H]2C[C@H](OP(O)(O)=S)[C@@H](COP(=O)(S)O[C@@H]3COC(n4cnc5c(=O)[nH]c(N)nc54)C3)O2)c(=O)[nH]c1=O. The summed E-state index contributed by atoms with van der Waals surface area (Å²) in [7, 11) is 0. The van der Waals surface area contributed by atoms with Crippen molar-refractivity contribution in [1.82, 2.24) is 29.1 Å². The van der Waals surface area contributed by atoms with Crippen LogP contribution in [-0.4, -0.2) is 70.4 Å². The van der Waals surface area contributed by atoms with Gasteiger partial charge in [-0.3, -0.25) is 37.7 Å². The van der Waals surface area contributed by atoms with Crippen molar-refractivity contribution in [3.8, 4) is 0 Å². The lowest BCUT2D eigenvalue weighted by atomic mass is 10.2. The van der Waals surface area contributed by atoms with Gasteiger partial charge in [-0.2, -0.15) is 4.98 Å². The van der Waals surface area contributed by atoms with Gasteiger partial charge in [0, 0.05) is 24.6 Å². The van der Waals surface area contributed by atoms with Gasteiger partial charge in [0.15, 0.2) is 11.2 Å². The molecule has 0 saturated carbocycles. The van der Waals surface area contributed by atoms with Crippen LogP contribution in [0.15, 0.2) is 26.9 Å². The summed E-state index contributed by atoms with van der Waals surface area (Å²) in [5.74, 6) is -0.0969. The molecule has 0 amide bonds. The zero-order valence-electron chi connectivity index (χ0n) is 21.1. The summed E-state index contributed by atoms with van der Waals surface area (Å²) in [6.07, 6.45) is -1.81. The molecule has 41 heavy (non-hydrogen) atoms. The first-order chi connectivity index (χ1) is 19.2. The van der Waals surface area contributed by atoms with E-state index in [1.165, 1.54) is 24.0 Å². The minimum Gasteiger partial charge on any atom is -0.369 e. The standard InChI is InChI=1S/C19H25N7O11P2S2/c1-8-4-25(19(29)24-16(8)27)13-3-10(37-38(30,31)40)11(35-13)6-34-39(32,41)36-9-2-12(33-5-9)26-7-21-14-15(26)22-18(20)23-17(14)28/h4,7,9-13H,2-3,5-6H2,1H3,(H,32,41)(H,24,27,29)(H2,30,31,40)(H3,20,22,23,28)/t9-,10-,11+,12?,13+,39?/m0/s1. The number of hydrogen-bond acceptors (Lipinski definition) is 13. The maximum absolute atomic E-state index is 13.1. The molecule has 2 aliphatic heterocycles. The molecule has 18 nitrogen and oxygen atoms in total. The van der Waals surface area contributed by atoms with E-state index >= 15 is 0 Å². The Kier molecular flexibility index (Phi) is 8.45. The van der Waals surface area contributed by atoms with Crippen LogP contribution in [0.3, 0.4) is 0 Å². The predicted molar refractivity (Wildman–Crippen MR) is 148 cm³/mol. The van der Waals surface area contributed by atoms with E-state index in [1.54, 1.807) is 0 Å². The van der Waals surface area contributed by atoms with E-state index in [9.17, 15) is 28.7 Å². The summed E-state index contributed by atoms with van der Waals surface area (Å²) in [4.78, 5) is 68.1. The van der Waals surface area contributed by atoms with Crippen molar-refractivity contribution < 1.29 is 37.4 Å². The van der Waals surface area contributed by atoms with Gasteiger partial charge in [0.1, 0.15) is 18.6 Å². The van der Waals surface area contributed by atoms with Crippen LogP contribution in [0.4, 0.5) is 5.95 Å². The van der Waals surface area contributed by atoms with Gasteiger partial charge < -0.3 is 29.5 Å². The van der Waals surface area contributed by atoms with Crippen molar-refractivity contribution in [1.29, 1.82) is 0 Å². The second kappa shape index (κ2) is 11.5. The zero-order chi connectivity index (χ0) is 29.7. The summed E-state index contributed by atoms with van der Waals surface area (Å²) in [6.45, 7) is -7.18. The summed E-state index contributed by atoms with van der Waals surface area (Å²) in [5, 5.41) is 0. The third kappa shape index (κ3) is 6.89. The Bertz CT molecular complexity index is 1740. The molecule has 0 aromatic carbocycles. The van der Waals surface area contributed by atoms with Crippen LogP contribution in [-0.2, 0) is 39.4 Å². The number of nitrogens with two attached hydrogens (primary N) is 1. The molecular weight excluding hydrogens is 628 g/mol. The number of fused-ring (bicyclic) bond motifs is 1. The van der Waals surface area contributed by atoms with Gasteiger partial charge in [0.25, 0.3) is 11.1 Å². The van der Waals surface area contributed by atoms with Gasteiger partial charge in [-0.1, -0.05) is 12.2 Å². The lowest BCUT2D eigenvalue weighted by Crippen LogP contribution is -2.33. The normalized spacial score (nSPS) is 26.5. The van der Waals surface area contributed by atoms with Crippen molar-refractivity contribution >= 4 is 54.7 Å². The van der Waals surface area contributed by atoms with Crippen LogP contribution in [0.1, 0.15) is 30.9 Å². The zero-order valence-corrected chi connectivity index (χ0v) is 24.6. The minimum atomic E-state index is -4.17. The topological polar surface area (TPSA) is 248 Å². The molecule has 0 spiro atoms. The van der Waals surface area contributed by atoms with Crippen molar-refractivity contribution in [2.45, 2.75) is 50.5 Å². The van der Waals surface area contributed by atoms with E-state index in [1.807, 2.05) is 0 Å². The number of aryl methyl sites for hydroxylation is 1. The number of ether oxygens (including phenoxy) is 2. The number of imidazole rings is 1. The third-order valence-electron chi connectivity index (χ3n) is 6.29. The van der Waals surface area contributed by atoms with Crippen LogP contribution in [0.2, 0.25) is 0 Å². The van der Waals surface area contributed by atoms with Gasteiger partial charge in [0.05, 0.1) is 31.7 Å². The Hall–Kier alpha value is -2.22. The molecule has 2 saturated heterocycles. The Morgan fingerprint density at radius 3 is 2.68 bits per heavy atom. The van der Waals surface area contributed by atoms with Crippen LogP contribution < -0.4 is 22.5 Å². The minimum absolute atomic E-state index is 0.00286. The number of hydrogen-bond donors (Lipinski definition) is 6. The Morgan fingerprint density at radius 2 is 1.95 bits per heavy atom. The van der Waals surface area contributed by atoms with Gasteiger partial charge in [-0.05, 0) is 18.7 Å². The fraction of sp³-hybridized carbons (Fsp3) is 0.526. The van der Waals surface area contributed by atoms with Crippen molar-refractivity contribution in [3.63, 3.8) is 0 Å². The Balaban J connectivity index is 1.24. The molecule has 0 bridgehead atoms. The number of aromatic nitrogens is 6. The van der Waals surface area contributed by atoms with Crippen LogP contribution >= 0.6 is 25.8 Å². The van der Waals surface area contributed by atoms with E-state index in [4.69, 9.17) is 28.8 Å². The molecule has 2 fully saturated rings. The number of thiol groups is 1. The van der Waals surface area contributed by atoms with E-state index in [0.717, 1.165) is 4.57 Å². The number of anilines is 1. The monoisotopic (exact) mass is 653 g/mol. The molecule has 224 valence electrons. The fourth-order valence-corrected chi connectivity index (χ4v) is 6.92. The molecule has 0 radical (unpaired) electrons. The van der Waals surface area contributed by atoms with E-state index in [-0.39, 0.29) is 42.1 Å². The molecule has 6 atom stereocenters. The van der Waals surface area contributed by atoms with E-state index < -0.39 is 67.7 Å². The van der Waals surface area contributed by atoms with E-state index in [0.29, 0.717) is 0 Å². The van der Waals surface area contributed by atoms with Gasteiger partial charge in [-0.25, -0.2) is 14.3 Å². The molecule has 6 N–H and O–H groups in total. The Labute approximate surface area is 239 Å². The molecule has 3 aromatic heterocycles. The highest BCUT2D eigenvalue weighted by atomic mass is 32.7. The summed E-state index contributed by atoms with van der Waals surface area (Å²) in [6, 6.07) is 0. The molecule has 2 aliphatic rings. The van der Waals surface area contributed by atoms with Gasteiger partial charge in [0.2, 0.25) is 5.95 Å². The first kappa shape index (κ1) is 30.2. The highest BCUT2D eigenvalue weighted by molar-refractivity contribution is 8.44. The number of nitrogens with zero attached hydrogens (tertiary/aromatic N) is 4. The lowest BCUT2D eigenvalue weighted by Gasteiger charge is -2.23. The predicted octanol–water partition coefficient (Wildman–Crippen LogP) is -0.199. The molecule has 0 aliphatic carbocycles. The molecular formula is C19H25N7O11P2S2. The highest BCUT2D eigenvalue weighted by Crippen LogP contribution is 2.56. The van der Waals surface area contributed by atoms with Crippen LogP contribution in [0.5, 0.6) is 0 Å². The average Bonchev–Trinajstić information content (AvgIpc) is 3.57. The fourth-order valence-electron chi connectivity index (χ4n) is 4.50. The van der Waals surface area contributed by atoms with Gasteiger partial charge >= 0.3 is 19.2 Å². The highest BCUT2D eigenvalue weighted by Gasteiger charge is 2.42. The maximum atomic E-state index is 13.1. The molecule has 3 aromatic rings. The van der Waals surface area contributed by atoms with Gasteiger partial charge in [-0.15, -0.1) is 0 Å². The second-order valence-corrected chi connectivity index (χ2v) is 14.8. The Morgan fingerprint density at radius 1 is 1.20 bits per heavy atom. The molecule has 22 heteroatoms. The molecule has 2 unspecified atom stereocenters. The number of aromatic amines is 2. The summed E-state index contributed by atoms with van der Waals surface area (Å²) in [5.41, 5.74) is 4.30. The van der Waals surface area contributed by atoms with Crippen molar-refractivity contribution in [2.75, 3.05) is 18.9 Å². The van der Waals surface area contributed by atoms with Crippen molar-refractivity contribution in [2.24, 2.45) is 0 Å². The maximum Gasteiger partial charge on any atom is 0.386 e. The van der Waals surface area contributed by atoms with Crippen LogP contribution in [0, 0.1) is 6.92 Å². The van der Waals surface area contributed by atoms with Crippen LogP contribution in [0.25, 0.3) is 11.2 Å². The smallest absolute Gasteiger partial charge is 0.369 e. The molecule has 5 heterocycles.